The molecule has 0 unspecified atom stereocenters. The van der Waals surface area contributed by atoms with E-state index < -0.39 is 28.0 Å². The van der Waals surface area contributed by atoms with E-state index in [0.717, 1.165) is 18.9 Å². The molecule has 0 radical (unpaired) electrons. The summed E-state index contributed by atoms with van der Waals surface area (Å²) in [5, 5.41) is 20.1. The molecule has 1 saturated heterocycles. The first kappa shape index (κ1) is 15.2. The number of aromatic carboxylic acids is 1. The maximum Gasteiger partial charge on any atom is 0.338 e. The van der Waals surface area contributed by atoms with E-state index in [-0.39, 0.29) is 11.1 Å². The van der Waals surface area contributed by atoms with Gasteiger partial charge in [0.05, 0.1) is 16.6 Å². The highest BCUT2D eigenvalue weighted by Crippen LogP contribution is 2.37. The molecule has 0 bridgehead atoms. The van der Waals surface area contributed by atoms with Crippen LogP contribution >= 0.6 is 0 Å². The Morgan fingerprint density at radius 2 is 2.14 bits per heavy atom. The van der Waals surface area contributed by atoms with Gasteiger partial charge < -0.3 is 10.0 Å². The van der Waals surface area contributed by atoms with Gasteiger partial charge in [0, 0.05) is 13.1 Å². The Morgan fingerprint density at radius 1 is 1.48 bits per heavy atom. The zero-order valence-electron chi connectivity index (χ0n) is 11.9. The van der Waals surface area contributed by atoms with Crippen molar-refractivity contribution in [1.82, 2.24) is 0 Å². The number of nitro groups is 1. The van der Waals surface area contributed by atoms with E-state index in [1.165, 1.54) is 0 Å². The van der Waals surface area contributed by atoms with Crippen LogP contribution in [0.1, 0.15) is 37.0 Å². The quantitative estimate of drug-likeness (QED) is 0.684. The number of carboxylic acids is 1. The fourth-order valence-electron chi connectivity index (χ4n) is 2.74. The first-order chi connectivity index (χ1) is 9.71. The number of nitrogens with zero attached hydrogens (tertiary/aromatic N) is 2. The highest BCUT2D eigenvalue weighted by molar-refractivity contribution is 5.90. The summed E-state index contributed by atoms with van der Waals surface area (Å²) in [4.78, 5) is 23.3. The molecule has 0 aromatic heterocycles. The van der Waals surface area contributed by atoms with Crippen molar-refractivity contribution in [3.8, 4) is 0 Å². The zero-order chi connectivity index (χ0) is 15.8. The summed E-state index contributed by atoms with van der Waals surface area (Å²) in [6.45, 7) is 5.26. The lowest BCUT2D eigenvalue weighted by molar-refractivity contribution is -0.384. The molecule has 1 aromatic carbocycles. The second kappa shape index (κ2) is 5.31. The number of benzene rings is 1. The minimum absolute atomic E-state index is 0.0239. The lowest BCUT2D eigenvalue weighted by atomic mass is 9.84. The molecule has 1 heterocycles. The van der Waals surface area contributed by atoms with E-state index in [1.54, 1.807) is 4.90 Å². The van der Waals surface area contributed by atoms with E-state index >= 15 is 0 Å². The fraction of sp³-hybridized carbons (Fsp3) is 0.500. The van der Waals surface area contributed by atoms with E-state index in [2.05, 4.69) is 0 Å². The van der Waals surface area contributed by atoms with Crippen LogP contribution in [0.25, 0.3) is 0 Å². The third-order valence-electron chi connectivity index (χ3n) is 3.73. The van der Waals surface area contributed by atoms with Crippen LogP contribution in [-0.2, 0) is 0 Å². The number of halogens is 1. The minimum atomic E-state index is -1.43. The lowest BCUT2D eigenvalue weighted by Crippen LogP contribution is -2.40. The molecule has 0 saturated carbocycles. The Hall–Kier alpha value is -2.18. The van der Waals surface area contributed by atoms with Crippen LogP contribution in [0.5, 0.6) is 0 Å². The number of rotatable bonds is 3. The standard InChI is InChI=1S/C14H17FN2O4/c1-14(2)4-3-5-16(8-14)11-6-9(13(18)19)10(15)7-12(11)17(20)21/h6-7H,3-5,8H2,1-2H3,(H,18,19). The third-order valence-corrected chi connectivity index (χ3v) is 3.73. The average Bonchev–Trinajstić information content (AvgIpc) is 2.36. The van der Waals surface area contributed by atoms with Crippen LogP contribution in [0.3, 0.4) is 0 Å². The number of nitro benzene ring substituents is 1. The van der Waals surface area contributed by atoms with Crippen molar-refractivity contribution in [3.63, 3.8) is 0 Å². The molecule has 21 heavy (non-hydrogen) atoms. The van der Waals surface area contributed by atoms with Crippen LogP contribution in [0.4, 0.5) is 15.8 Å². The smallest absolute Gasteiger partial charge is 0.338 e. The highest BCUT2D eigenvalue weighted by atomic mass is 19.1. The monoisotopic (exact) mass is 296 g/mol. The number of hydrogen-bond acceptors (Lipinski definition) is 4. The fourth-order valence-corrected chi connectivity index (χ4v) is 2.74. The predicted octanol–water partition coefficient (Wildman–Crippen LogP) is 3.06. The molecule has 0 atom stereocenters. The van der Waals surface area contributed by atoms with Crippen molar-refractivity contribution < 1.29 is 19.2 Å². The van der Waals surface area contributed by atoms with Crippen LogP contribution in [0.2, 0.25) is 0 Å². The molecule has 1 aliphatic heterocycles. The molecular weight excluding hydrogens is 279 g/mol. The predicted molar refractivity (Wildman–Crippen MR) is 75.2 cm³/mol. The molecule has 1 aromatic rings. The molecule has 114 valence electrons. The lowest BCUT2D eigenvalue weighted by Gasteiger charge is -2.39. The SMILES string of the molecule is CC1(C)CCCN(c2cc(C(=O)O)c(F)cc2[N+](=O)[O-])C1. The molecule has 7 heteroatoms. The summed E-state index contributed by atoms with van der Waals surface area (Å²) in [5.74, 6) is -2.52. The zero-order valence-corrected chi connectivity index (χ0v) is 11.9. The topological polar surface area (TPSA) is 83.7 Å². The molecule has 1 N–H and O–H groups in total. The number of hydrogen-bond donors (Lipinski definition) is 1. The number of anilines is 1. The van der Waals surface area contributed by atoms with Gasteiger partial charge in [-0.3, -0.25) is 10.1 Å². The van der Waals surface area contributed by atoms with Gasteiger partial charge in [-0.25, -0.2) is 9.18 Å². The van der Waals surface area contributed by atoms with Gasteiger partial charge in [0.2, 0.25) is 0 Å². The second-order valence-electron chi connectivity index (χ2n) is 6.07. The van der Waals surface area contributed by atoms with Crippen molar-refractivity contribution in [3.05, 3.63) is 33.6 Å². The van der Waals surface area contributed by atoms with Gasteiger partial charge in [0.15, 0.2) is 0 Å². The third kappa shape index (κ3) is 3.12. The summed E-state index contributed by atoms with van der Waals surface area (Å²) >= 11 is 0. The Morgan fingerprint density at radius 3 is 2.67 bits per heavy atom. The molecular formula is C14H17FN2O4. The summed E-state index contributed by atoms with van der Waals surface area (Å²) < 4.78 is 13.7. The Bertz CT molecular complexity index is 601. The normalized spacial score (nSPS) is 17.6. The number of carboxylic acid groups (broad SMARTS) is 1. The van der Waals surface area contributed by atoms with Crippen LogP contribution in [0.15, 0.2) is 12.1 Å². The van der Waals surface area contributed by atoms with E-state index in [4.69, 9.17) is 5.11 Å². The highest BCUT2D eigenvalue weighted by Gasteiger charge is 2.31. The maximum absolute atomic E-state index is 13.7. The van der Waals surface area contributed by atoms with Gasteiger partial charge >= 0.3 is 5.97 Å². The maximum atomic E-state index is 13.7. The van der Waals surface area contributed by atoms with Crippen molar-refractivity contribution in [2.75, 3.05) is 18.0 Å². The molecule has 1 aliphatic rings. The Balaban J connectivity index is 2.52. The van der Waals surface area contributed by atoms with Gasteiger partial charge in [-0.1, -0.05) is 13.8 Å². The summed E-state index contributed by atoms with van der Waals surface area (Å²) in [6.07, 6.45) is 1.84. The number of piperidine rings is 1. The molecule has 1 fully saturated rings. The molecule has 0 amide bonds. The van der Waals surface area contributed by atoms with E-state index in [1.807, 2.05) is 13.8 Å². The van der Waals surface area contributed by atoms with Crippen LogP contribution in [0, 0.1) is 21.3 Å². The van der Waals surface area contributed by atoms with Crippen molar-refractivity contribution >= 4 is 17.3 Å². The summed E-state index contributed by atoms with van der Waals surface area (Å²) in [6, 6.07) is 1.76. The first-order valence-electron chi connectivity index (χ1n) is 6.67. The van der Waals surface area contributed by atoms with Crippen molar-refractivity contribution in [2.24, 2.45) is 5.41 Å². The average molecular weight is 296 g/mol. The van der Waals surface area contributed by atoms with Gasteiger partial charge in [-0.15, -0.1) is 0 Å². The largest absolute Gasteiger partial charge is 0.478 e. The molecule has 0 spiro atoms. The minimum Gasteiger partial charge on any atom is -0.478 e. The van der Waals surface area contributed by atoms with Crippen molar-refractivity contribution in [2.45, 2.75) is 26.7 Å². The van der Waals surface area contributed by atoms with Gasteiger partial charge in [-0.2, -0.15) is 0 Å². The van der Waals surface area contributed by atoms with Gasteiger partial charge in [0.1, 0.15) is 11.5 Å². The number of carbonyl (C=O) groups is 1. The Kier molecular flexibility index (Phi) is 3.85. The van der Waals surface area contributed by atoms with E-state index in [0.29, 0.717) is 19.2 Å². The molecule has 2 rings (SSSR count). The van der Waals surface area contributed by atoms with Crippen LogP contribution < -0.4 is 4.90 Å². The van der Waals surface area contributed by atoms with E-state index in [9.17, 15) is 19.3 Å². The van der Waals surface area contributed by atoms with Crippen molar-refractivity contribution in [1.29, 1.82) is 0 Å². The van der Waals surface area contributed by atoms with Gasteiger partial charge in [-0.05, 0) is 24.3 Å². The first-order valence-corrected chi connectivity index (χ1v) is 6.67. The molecule has 6 nitrogen and oxygen atoms in total. The Labute approximate surface area is 121 Å². The molecule has 0 aliphatic carbocycles. The second-order valence-corrected chi connectivity index (χ2v) is 6.07. The summed E-state index contributed by atoms with van der Waals surface area (Å²) in [7, 11) is 0. The van der Waals surface area contributed by atoms with Crippen LogP contribution in [-0.4, -0.2) is 29.1 Å². The summed E-state index contributed by atoms with van der Waals surface area (Å²) in [5.41, 5.74) is -0.787. The van der Waals surface area contributed by atoms with Gasteiger partial charge in [0.25, 0.3) is 5.69 Å².